The fraction of sp³-hybridized carbons (Fsp3) is 0.0769. The first-order valence-electron chi connectivity index (χ1n) is 5.78. The highest BCUT2D eigenvalue weighted by atomic mass is 32.2. The summed E-state index contributed by atoms with van der Waals surface area (Å²) >= 11 is 1.37. The number of fused-ring (bicyclic) bond motifs is 1. The molecule has 2 aromatic heterocycles. The van der Waals surface area contributed by atoms with Crippen molar-refractivity contribution < 1.29 is 9.90 Å². The zero-order valence-corrected chi connectivity index (χ0v) is 12.2. The van der Waals surface area contributed by atoms with Gasteiger partial charge in [-0.2, -0.15) is 0 Å². The molecule has 0 radical (unpaired) electrons. The Morgan fingerprint density at radius 3 is 3.00 bits per heavy atom. The molecule has 102 valence electrons. The van der Waals surface area contributed by atoms with Gasteiger partial charge in [-0.15, -0.1) is 11.3 Å². The lowest BCUT2D eigenvalue weighted by Gasteiger charge is -2.11. The summed E-state index contributed by atoms with van der Waals surface area (Å²) in [5.74, 6) is 0.103. The SMILES string of the molecule is CS1=C(C(=O)Nc2ccccn2)C(O)=c2sccc2=N1. The van der Waals surface area contributed by atoms with Crippen molar-refractivity contribution in [3.8, 4) is 0 Å². The van der Waals surface area contributed by atoms with E-state index in [1.807, 2.05) is 17.7 Å². The number of aliphatic hydroxyl groups is 1. The molecular formula is C13H11N3O2S2. The maximum Gasteiger partial charge on any atom is 0.268 e. The maximum absolute atomic E-state index is 12.3. The summed E-state index contributed by atoms with van der Waals surface area (Å²) in [6.07, 6.45) is 3.41. The predicted octanol–water partition coefficient (Wildman–Crippen LogP) is 1.07. The molecule has 0 aliphatic carbocycles. The van der Waals surface area contributed by atoms with Crippen molar-refractivity contribution in [3.05, 3.63) is 45.7 Å². The maximum atomic E-state index is 12.3. The molecule has 1 amide bonds. The van der Waals surface area contributed by atoms with Gasteiger partial charge in [-0.1, -0.05) is 16.7 Å². The summed E-state index contributed by atoms with van der Waals surface area (Å²) in [5, 5.41) is 15.6. The van der Waals surface area contributed by atoms with Crippen LogP contribution in [0.2, 0.25) is 0 Å². The molecule has 2 aromatic rings. The molecule has 1 unspecified atom stereocenters. The largest absolute Gasteiger partial charge is 0.505 e. The fourth-order valence-electron chi connectivity index (χ4n) is 1.84. The first kappa shape index (κ1) is 13.0. The lowest BCUT2D eigenvalue weighted by molar-refractivity contribution is -0.110. The van der Waals surface area contributed by atoms with Gasteiger partial charge in [0.2, 0.25) is 0 Å². The highest BCUT2D eigenvalue weighted by Gasteiger charge is 2.22. The van der Waals surface area contributed by atoms with Crippen molar-refractivity contribution in [2.45, 2.75) is 0 Å². The minimum absolute atomic E-state index is 0.0178. The Labute approximate surface area is 121 Å². The molecule has 0 bridgehead atoms. The average molecular weight is 305 g/mol. The van der Waals surface area contributed by atoms with Crippen LogP contribution in [0.3, 0.4) is 0 Å². The van der Waals surface area contributed by atoms with Crippen LogP contribution >= 0.6 is 22.0 Å². The molecule has 3 rings (SSSR count). The van der Waals surface area contributed by atoms with Gasteiger partial charge in [-0.25, -0.2) is 9.38 Å². The Morgan fingerprint density at radius 2 is 2.25 bits per heavy atom. The molecular weight excluding hydrogens is 294 g/mol. The second-order valence-electron chi connectivity index (χ2n) is 4.05. The Kier molecular flexibility index (Phi) is 3.37. The zero-order valence-electron chi connectivity index (χ0n) is 10.5. The number of aliphatic hydroxyl groups excluding tert-OH is 1. The molecule has 0 aromatic carbocycles. The summed E-state index contributed by atoms with van der Waals surface area (Å²) in [7, 11) is -0.680. The van der Waals surface area contributed by atoms with E-state index in [0.717, 1.165) is 5.36 Å². The van der Waals surface area contributed by atoms with Gasteiger partial charge in [0.1, 0.15) is 10.7 Å². The van der Waals surface area contributed by atoms with E-state index in [2.05, 4.69) is 14.7 Å². The quantitative estimate of drug-likeness (QED) is 0.815. The zero-order chi connectivity index (χ0) is 14.1. The number of amides is 1. The van der Waals surface area contributed by atoms with Gasteiger partial charge in [0.15, 0.2) is 5.76 Å². The topological polar surface area (TPSA) is 74.6 Å². The van der Waals surface area contributed by atoms with Crippen LogP contribution in [-0.4, -0.2) is 27.1 Å². The summed E-state index contributed by atoms with van der Waals surface area (Å²) < 4.78 is 5.08. The number of aromatic nitrogens is 1. The lowest BCUT2D eigenvalue weighted by atomic mass is 10.3. The number of pyridine rings is 1. The molecule has 7 heteroatoms. The Bertz CT molecular complexity index is 825. The van der Waals surface area contributed by atoms with Gasteiger partial charge < -0.3 is 10.4 Å². The molecule has 5 nitrogen and oxygen atoms in total. The standard InChI is InChI=1S/C13H11N3O2S2/c1-20-12(10(17)11-8(16-20)5-7-19-11)13(18)15-9-4-2-3-6-14-9/h2-7,17H,1H3,(H,14,15,18). The number of rotatable bonds is 2. The Balaban J connectivity index is 2.00. The second-order valence-corrected chi connectivity index (χ2v) is 6.51. The van der Waals surface area contributed by atoms with E-state index in [9.17, 15) is 9.90 Å². The van der Waals surface area contributed by atoms with E-state index in [1.54, 1.807) is 24.4 Å². The highest BCUT2D eigenvalue weighted by molar-refractivity contribution is 8.15. The van der Waals surface area contributed by atoms with Crippen molar-refractivity contribution in [2.24, 2.45) is 4.40 Å². The minimum atomic E-state index is -0.680. The van der Waals surface area contributed by atoms with Crippen LogP contribution in [0, 0.1) is 0 Å². The van der Waals surface area contributed by atoms with E-state index in [4.69, 9.17) is 0 Å². The average Bonchev–Trinajstić information content (AvgIpc) is 2.88. The Hall–Kier alpha value is -1.99. The van der Waals surface area contributed by atoms with Crippen molar-refractivity contribution >= 4 is 44.4 Å². The summed E-state index contributed by atoms with van der Waals surface area (Å²) in [6, 6.07) is 7.09. The van der Waals surface area contributed by atoms with Crippen molar-refractivity contribution in [1.29, 1.82) is 0 Å². The first-order chi connectivity index (χ1) is 9.66. The van der Waals surface area contributed by atoms with E-state index in [-0.39, 0.29) is 11.7 Å². The minimum Gasteiger partial charge on any atom is -0.505 e. The van der Waals surface area contributed by atoms with Gasteiger partial charge in [-0.05, 0) is 29.8 Å². The smallest absolute Gasteiger partial charge is 0.268 e. The molecule has 1 aliphatic rings. The molecule has 0 saturated heterocycles. The van der Waals surface area contributed by atoms with Crippen LogP contribution in [-0.2, 0) is 4.79 Å². The fourth-order valence-corrected chi connectivity index (χ4v) is 3.98. The van der Waals surface area contributed by atoms with Gasteiger partial charge in [0.05, 0.1) is 9.89 Å². The van der Waals surface area contributed by atoms with Gasteiger partial charge in [-0.3, -0.25) is 4.79 Å². The summed E-state index contributed by atoms with van der Waals surface area (Å²) in [5.41, 5.74) is 0. The molecule has 2 N–H and O–H groups in total. The Morgan fingerprint density at radius 1 is 1.40 bits per heavy atom. The predicted molar refractivity (Wildman–Crippen MR) is 82.5 cm³/mol. The van der Waals surface area contributed by atoms with Crippen LogP contribution in [0.25, 0.3) is 5.76 Å². The van der Waals surface area contributed by atoms with Crippen LogP contribution < -0.4 is 15.2 Å². The number of anilines is 1. The molecule has 0 spiro atoms. The number of carbonyl (C=O) groups is 1. The van der Waals surface area contributed by atoms with E-state index < -0.39 is 10.7 Å². The summed E-state index contributed by atoms with van der Waals surface area (Å²) in [4.78, 5) is 16.6. The molecule has 1 atom stereocenters. The van der Waals surface area contributed by atoms with Crippen LogP contribution in [0.4, 0.5) is 5.82 Å². The molecule has 3 heterocycles. The van der Waals surface area contributed by atoms with Crippen molar-refractivity contribution in [2.75, 3.05) is 11.6 Å². The third-order valence-electron chi connectivity index (χ3n) is 2.72. The number of carbonyl (C=O) groups excluding carboxylic acids is 1. The highest BCUT2D eigenvalue weighted by Crippen LogP contribution is 2.18. The third kappa shape index (κ3) is 2.25. The van der Waals surface area contributed by atoms with Crippen LogP contribution in [0.5, 0.6) is 0 Å². The number of thiophene rings is 1. The van der Waals surface area contributed by atoms with Gasteiger partial charge in [0, 0.05) is 6.20 Å². The molecule has 1 aliphatic heterocycles. The first-order valence-corrected chi connectivity index (χ1v) is 8.25. The molecule has 0 fully saturated rings. The van der Waals surface area contributed by atoms with Crippen molar-refractivity contribution in [1.82, 2.24) is 4.98 Å². The number of nitrogens with one attached hydrogen (secondary N) is 1. The molecule has 20 heavy (non-hydrogen) atoms. The van der Waals surface area contributed by atoms with Gasteiger partial charge in [0.25, 0.3) is 5.91 Å². The lowest BCUT2D eigenvalue weighted by Crippen LogP contribution is -2.34. The van der Waals surface area contributed by atoms with E-state index in [1.165, 1.54) is 11.3 Å². The number of hydrogen-bond acceptors (Lipinski definition) is 5. The molecule has 0 saturated carbocycles. The van der Waals surface area contributed by atoms with Crippen LogP contribution in [0.15, 0.2) is 40.2 Å². The van der Waals surface area contributed by atoms with E-state index >= 15 is 0 Å². The van der Waals surface area contributed by atoms with Crippen LogP contribution in [0.1, 0.15) is 0 Å². The number of nitrogens with zero attached hydrogens (tertiary/aromatic N) is 2. The number of hydrogen-bond donors (Lipinski definition) is 2. The summed E-state index contributed by atoms with van der Waals surface area (Å²) in [6.45, 7) is 0. The third-order valence-corrected chi connectivity index (χ3v) is 5.07. The second kappa shape index (κ2) is 5.18. The normalized spacial score (nSPS) is 17.4. The van der Waals surface area contributed by atoms with E-state index in [0.29, 0.717) is 15.2 Å². The monoisotopic (exact) mass is 305 g/mol. The van der Waals surface area contributed by atoms with Crippen molar-refractivity contribution in [3.63, 3.8) is 0 Å². The van der Waals surface area contributed by atoms with Gasteiger partial charge >= 0.3 is 0 Å².